The van der Waals surface area contributed by atoms with Crippen LogP contribution in [0.15, 0.2) is 84.9 Å². The van der Waals surface area contributed by atoms with E-state index >= 15 is 0 Å². The molecule has 0 radical (unpaired) electrons. The van der Waals surface area contributed by atoms with E-state index in [1.807, 2.05) is 0 Å². The van der Waals surface area contributed by atoms with Crippen LogP contribution in [0.25, 0.3) is 0 Å². The summed E-state index contributed by atoms with van der Waals surface area (Å²) in [4.78, 5) is 4.59. The zero-order chi connectivity index (χ0) is 25.6. The number of anilines is 2. The number of hydrogen-bond donors (Lipinski definition) is 0. The van der Waals surface area contributed by atoms with Crippen molar-refractivity contribution in [3.8, 4) is 11.5 Å². The SMILES string of the molecule is C.Cc1cccc(N2COc3ccc(C(C)(C)c4ccc5c(c4)CN(c4cccc(C)c4)CO5)cc3C2)c1. The number of rotatable bonds is 4. The van der Waals surface area contributed by atoms with Crippen molar-refractivity contribution < 1.29 is 9.47 Å². The summed E-state index contributed by atoms with van der Waals surface area (Å²) in [7, 11) is 0. The average Bonchev–Trinajstić information content (AvgIpc) is 2.91. The first kappa shape index (κ1) is 25.7. The van der Waals surface area contributed by atoms with E-state index in [1.54, 1.807) is 0 Å². The summed E-state index contributed by atoms with van der Waals surface area (Å²) >= 11 is 0. The molecule has 0 fully saturated rings. The second kappa shape index (κ2) is 10.1. The van der Waals surface area contributed by atoms with Gasteiger partial charge in [0.15, 0.2) is 13.5 Å². The van der Waals surface area contributed by atoms with Gasteiger partial charge < -0.3 is 19.3 Å². The molecule has 6 rings (SSSR count). The largest absolute Gasteiger partial charge is 0.473 e. The van der Waals surface area contributed by atoms with E-state index in [9.17, 15) is 0 Å². The summed E-state index contributed by atoms with van der Waals surface area (Å²) < 4.78 is 12.3. The molecule has 196 valence electrons. The summed E-state index contributed by atoms with van der Waals surface area (Å²) in [6.45, 7) is 11.7. The Hall–Kier alpha value is -3.92. The number of ether oxygens (including phenoxy) is 2. The third kappa shape index (κ3) is 4.83. The van der Waals surface area contributed by atoms with Crippen LogP contribution in [0.4, 0.5) is 11.4 Å². The molecular formula is C34H38N2O2. The van der Waals surface area contributed by atoms with Crippen LogP contribution < -0.4 is 19.3 Å². The van der Waals surface area contributed by atoms with Crippen molar-refractivity contribution in [1.29, 1.82) is 0 Å². The third-order valence-electron chi connectivity index (χ3n) is 7.77. The molecule has 0 atom stereocenters. The van der Waals surface area contributed by atoms with Crippen molar-refractivity contribution in [3.63, 3.8) is 0 Å². The van der Waals surface area contributed by atoms with Crippen LogP contribution in [0.2, 0.25) is 0 Å². The van der Waals surface area contributed by atoms with Crippen molar-refractivity contribution in [1.82, 2.24) is 0 Å². The molecule has 0 saturated heterocycles. The van der Waals surface area contributed by atoms with Crippen molar-refractivity contribution in [3.05, 3.63) is 118 Å². The monoisotopic (exact) mass is 506 g/mol. The molecule has 0 amide bonds. The molecule has 0 N–H and O–H groups in total. The van der Waals surface area contributed by atoms with Crippen LogP contribution in [0.5, 0.6) is 11.5 Å². The molecule has 0 aromatic heterocycles. The van der Waals surface area contributed by atoms with Gasteiger partial charge in [-0.1, -0.05) is 57.7 Å². The first-order valence-electron chi connectivity index (χ1n) is 13.0. The lowest BCUT2D eigenvalue weighted by Crippen LogP contribution is -2.33. The fraction of sp³-hybridized carbons (Fsp3) is 0.294. The maximum atomic E-state index is 6.14. The fourth-order valence-corrected chi connectivity index (χ4v) is 5.41. The third-order valence-corrected chi connectivity index (χ3v) is 7.77. The molecule has 0 bridgehead atoms. The molecule has 4 aromatic rings. The lowest BCUT2D eigenvalue weighted by molar-refractivity contribution is 0.288. The first-order chi connectivity index (χ1) is 17.9. The first-order valence-corrected chi connectivity index (χ1v) is 13.0. The number of aryl methyl sites for hydroxylation is 2. The van der Waals surface area contributed by atoms with Gasteiger partial charge in [0.2, 0.25) is 0 Å². The topological polar surface area (TPSA) is 24.9 Å². The molecule has 0 aliphatic carbocycles. The molecule has 38 heavy (non-hydrogen) atoms. The van der Waals surface area contributed by atoms with Gasteiger partial charge in [0, 0.05) is 41.0 Å². The van der Waals surface area contributed by atoms with Gasteiger partial charge in [-0.2, -0.15) is 0 Å². The summed E-state index contributed by atoms with van der Waals surface area (Å²) in [5.74, 6) is 1.96. The highest BCUT2D eigenvalue weighted by atomic mass is 16.5. The Labute approximate surface area is 227 Å². The number of hydrogen-bond acceptors (Lipinski definition) is 4. The molecular weight excluding hydrogens is 468 g/mol. The van der Waals surface area contributed by atoms with Gasteiger partial charge in [0.05, 0.1) is 0 Å². The summed E-state index contributed by atoms with van der Waals surface area (Å²) in [6.07, 6.45) is 0. The Bertz CT molecular complexity index is 1350. The average molecular weight is 507 g/mol. The van der Waals surface area contributed by atoms with Crippen LogP contribution in [-0.2, 0) is 18.5 Å². The highest BCUT2D eigenvalue weighted by Crippen LogP contribution is 2.39. The van der Waals surface area contributed by atoms with Gasteiger partial charge >= 0.3 is 0 Å². The molecule has 4 aromatic carbocycles. The second-order valence-electron chi connectivity index (χ2n) is 10.9. The van der Waals surface area contributed by atoms with E-state index in [1.165, 1.54) is 44.8 Å². The Morgan fingerprint density at radius 1 is 0.605 bits per heavy atom. The minimum absolute atomic E-state index is 0. The maximum absolute atomic E-state index is 6.14. The molecule has 2 aliphatic heterocycles. The van der Waals surface area contributed by atoms with E-state index in [0.29, 0.717) is 13.5 Å². The van der Waals surface area contributed by atoms with Crippen molar-refractivity contribution in [2.45, 2.75) is 53.6 Å². The number of nitrogens with zero attached hydrogens (tertiary/aromatic N) is 2. The van der Waals surface area contributed by atoms with E-state index in [4.69, 9.17) is 9.47 Å². The minimum atomic E-state index is -0.165. The van der Waals surface area contributed by atoms with E-state index in [-0.39, 0.29) is 12.8 Å². The second-order valence-corrected chi connectivity index (χ2v) is 10.9. The van der Waals surface area contributed by atoms with Gasteiger partial charge in [0.25, 0.3) is 0 Å². The van der Waals surface area contributed by atoms with Gasteiger partial charge in [-0.05, 0) is 84.6 Å². The van der Waals surface area contributed by atoms with E-state index < -0.39 is 0 Å². The van der Waals surface area contributed by atoms with Crippen LogP contribution in [-0.4, -0.2) is 13.5 Å². The minimum Gasteiger partial charge on any atom is -0.473 e. The maximum Gasteiger partial charge on any atom is 0.161 e. The van der Waals surface area contributed by atoms with Gasteiger partial charge in [-0.25, -0.2) is 0 Å². The van der Waals surface area contributed by atoms with Crippen LogP contribution in [0, 0.1) is 13.8 Å². The highest BCUT2D eigenvalue weighted by molar-refractivity contribution is 5.55. The lowest BCUT2D eigenvalue weighted by atomic mass is 9.77. The Morgan fingerprint density at radius 3 is 1.47 bits per heavy atom. The molecule has 2 heterocycles. The van der Waals surface area contributed by atoms with Crippen LogP contribution in [0.1, 0.15) is 54.7 Å². The fourth-order valence-electron chi connectivity index (χ4n) is 5.41. The summed E-state index contributed by atoms with van der Waals surface area (Å²) in [5.41, 5.74) is 9.77. The Balaban J connectivity index is 0.00000294. The number of benzene rings is 4. The molecule has 4 nitrogen and oxygen atoms in total. The molecule has 0 spiro atoms. The number of fused-ring (bicyclic) bond motifs is 2. The standard InChI is InChI=1S/C33H34N2O2.CH4/c1-23-7-5-9-29(15-23)34-19-25-17-27(11-13-31(25)36-21-34)33(3,4)28-12-14-32-26(18-28)20-35(22-37-32)30-10-6-8-24(2)16-30;/h5-18H,19-22H2,1-4H3;1H4. The molecule has 0 unspecified atom stereocenters. The van der Waals surface area contributed by atoms with E-state index in [2.05, 4.69) is 122 Å². The van der Waals surface area contributed by atoms with Crippen LogP contribution in [0.3, 0.4) is 0 Å². The summed E-state index contributed by atoms with van der Waals surface area (Å²) in [6, 6.07) is 30.6. The van der Waals surface area contributed by atoms with Gasteiger partial charge in [-0.15, -0.1) is 0 Å². The zero-order valence-corrected chi connectivity index (χ0v) is 22.1. The predicted molar refractivity (Wildman–Crippen MR) is 157 cm³/mol. The highest BCUT2D eigenvalue weighted by Gasteiger charge is 2.28. The van der Waals surface area contributed by atoms with Gasteiger partial charge in [-0.3, -0.25) is 0 Å². The van der Waals surface area contributed by atoms with Crippen molar-refractivity contribution in [2.24, 2.45) is 0 Å². The molecule has 2 aliphatic rings. The Morgan fingerprint density at radius 2 is 1.05 bits per heavy atom. The Kier molecular flexibility index (Phi) is 6.83. The molecule has 0 saturated carbocycles. The molecule has 4 heteroatoms. The van der Waals surface area contributed by atoms with Crippen molar-refractivity contribution >= 4 is 11.4 Å². The van der Waals surface area contributed by atoms with Crippen LogP contribution >= 0.6 is 0 Å². The summed E-state index contributed by atoms with van der Waals surface area (Å²) in [5, 5.41) is 0. The quantitative estimate of drug-likeness (QED) is 0.280. The van der Waals surface area contributed by atoms with E-state index in [0.717, 1.165) is 24.6 Å². The smallest absolute Gasteiger partial charge is 0.161 e. The van der Waals surface area contributed by atoms with Gasteiger partial charge in [0.1, 0.15) is 11.5 Å². The predicted octanol–water partition coefficient (Wildman–Crippen LogP) is 7.98. The zero-order valence-electron chi connectivity index (χ0n) is 22.1. The van der Waals surface area contributed by atoms with Crippen molar-refractivity contribution in [2.75, 3.05) is 23.3 Å². The lowest BCUT2D eigenvalue weighted by Gasteiger charge is -2.34. The normalized spacial score (nSPS) is 14.5.